The van der Waals surface area contributed by atoms with Crippen LogP contribution in [0.15, 0.2) is 42.6 Å². The van der Waals surface area contributed by atoms with Crippen molar-refractivity contribution in [2.24, 2.45) is 11.5 Å². The number of hydrogen-bond donors (Lipinski definition) is 4. The van der Waals surface area contributed by atoms with Crippen LogP contribution in [0.3, 0.4) is 0 Å². The van der Waals surface area contributed by atoms with Crippen LogP contribution >= 0.6 is 0 Å². The van der Waals surface area contributed by atoms with Crippen molar-refractivity contribution in [3.63, 3.8) is 0 Å². The molecule has 3 heterocycles. The van der Waals surface area contributed by atoms with E-state index in [-0.39, 0.29) is 30.7 Å². The predicted molar refractivity (Wildman–Crippen MR) is 145 cm³/mol. The molecule has 0 unspecified atom stereocenters. The van der Waals surface area contributed by atoms with Crippen molar-refractivity contribution >= 4 is 34.5 Å². The summed E-state index contributed by atoms with van der Waals surface area (Å²) in [4.78, 5) is 27.8. The van der Waals surface area contributed by atoms with Crippen molar-refractivity contribution in [3.8, 4) is 11.8 Å². The zero-order valence-corrected chi connectivity index (χ0v) is 21.6. The van der Waals surface area contributed by atoms with E-state index in [0.717, 1.165) is 18.5 Å². The van der Waals surface area contributed by atoms with Gasteiger partial charge in [-0.2, -0.15) is 13.2 Å². The van der Waals surface area contributed by atoms with Crippen molar-refractivity contribution in [3.05, 3.63) is 54.0 Å². The molecule has 1 amide bonds. The number of nitrogens with one attached hydrogen (secondary N) is 2. The molecule has 1 aromatic carbocycles. The summed E-state index contributed by atoms with van der Waals surface area (Å²) in [5.74, 6) is 5.38. The van der Waals surface area contributed by atoms with E-state index in [1.807, 2.05) is 11.0 Å². The van der Waals surface area contributed by atoms with Crippen molar-refractivity contribution in [1.82, 2.24) is 14.5 Å². The number of alkyl halides is 3. The predicted octanol–water partition coefficient (Wildman–Crippen LogP) is 2.81. The van der Waals surface area contributed by atoms with Gasteiger partial charge in [-0.15, -0.1) is 0 Å². The average molecular weight is 544 g/mol. The maximum atomic E-state index is 13.4. The number of piperidine rings is 1. The summed E-state index contributed by atoms with van der Waals surface area (Å²) in [5.41, 5.74) is 12.2. The first kappa shape index (κ1) is 29.5. The molecular weight excluding hydrogens is 511 g/mol. The molecule has 0 bridgehead atoms. The Hall–Kier alpha value is -4.08. The second kappa shape index (κ2) is 13.6. The number of carbonyl (C=O) groups is 2. The van der Waals surface area contributed by atoms with Crippen LogP contribution in [0.5, 0.6) is 0 Å². The molecule has 2 aromatic heterocycles. The van der Waals surface area contributed by atoms with E-state index in [9.17, 15) is 22.8 Å². The molecule has 0 spiro atoms. The lowest BCUT2D eigenvalue weighted by atomic mass is 10.0. The molecule has 39 heavy (non-hydrogen) atoms. The van der Waals surface area contributed by atoms with Crippen LogP contribution in [0.2, 0.25) is 0 Å². The molecule has 0 aliphatic carbocycles. The van der Waals surface area contributed by atoms with Crippen molar-refractivity contribution in [1.29, 1.82) is 0 Å². The Morgan fingerprint density at radius 2 is 1.95 bits per heavy atom. The zero-order chi connectivity index (χ0) is 28.4. The minimum atomic E-state index is -4.41. The Labute approximate surface area is 224 Å². The number of benzene rings is 1. The Morgan fingerprint density at radius 1 is 1.21 bits per heavy atom. The largest absolute Gasteiger partial charge is 0.406 e. The number of primary amides is 1. The van der Waals surface area contributed by atoms with E-state index >= 15 is 0 Å². The SMILES string of the molecule is CN.NC(=O)CN1CCC(Nc2cccc3c2cc(C#CCNc2ccc(C=O)nc2)n3CC(F)(F)F)CC1. The van der Waals surface area contributed by atoms with Crippen LogP contribution in [-0.4, -0.2) is 72.1 Å². The number of nitrogens with two attached hydrogens (primary N) is 2. The highest BCUT2D eigenvalue weighted by atomic mass is 19.4. The van der Waals surface area contributed by atoms with Crippen molar-refractivity contribution in [2.45, 2.75) is 31.6 Å². The molecule has 0 saturated carbocycles. The van der Waals surface area contributed by atoms with Gasteiger partial charge >= 0.3 is 6.18 Å². The fourth-order valence-corrected chi connectivity index (χ4v) is 4.40. The zero-order valence-electron chi connectivity index (χ0n) is 21.6. The molecule has 4 rings (SSSR count). The number of hydrogen-bond acceptors (Lipinski definition) is 7. The normalized spacial score (nSPS) is 14.1. The van der Waals surface area contributed by atoms with Gasteiger partial charge in [-0.25, -0.2) is 0 Å². The molecule has 1 fully saturated rings. The number of aldehydes is 1. The molecule has 9 nitrogen and oxygen atoms in total. The first-order valence-corrected chi connectivity index (χ1v) is 12.4. The van der Waals surface area contributed by atoms with Gasteiger partial charge < -0.3 is 26.7 Å². The van der Waals surface area contributed by atoms with Gasteiger partial charge in [-0.3, -0.25) is 19.5 Å². The molecule has 1 aliphatic rings. The van der Waals surface area contributed by atoms with Crippen LogP contribution in [0.4, 0.5) is 24.5 Å². The fourth-order valence-electron chi connectivity index (χ4n) is 4.40. The molecule has 0 atom stereocenters. The van der Waals surface area contributed by atoms with Gasteiger partial charge in [-0.1, -0.05) is 12.0 Å². The lowest BCUT2D eigenvalue weighted by molar-refractivity contribution is -0.140. The third kappa shape index (κ3) is 8.46. The number of aromatic nitrogens is 2. The minimum absolute atomic E-state index is 0.124. The second-order valence-corrected chi connectivity index (χ2v) is 8.88. The van der Waals surface area contributed by atoms with Crippen LogP contribution in [-0.2, 0) is 11.3 Å². The van der Waals surface area contributed by atoms with E-state index in [4.69, 9.17) is 5.73 Å². The molecule has 6 N–H and O–H groups in total. The number of likely N-dealkylation sites (tertiary alicyclic amines) is 1. The Kier molecular flexibility index (Phi) is 10.3. The summed E-state index contributed by atoms with van der Waals surface area (Å²) in [5, 5.41) is 7.15. The summed E-state index contributed by atoms with van der Waals surface area (Å²) in [6, 6.07) is 10.3. The van der Waals surface area contributed by atoms with Gasteiger partial charge in [0.1, 0.15) is 12.2 Å². The summed E-state index contributed by atoms with van der Waals surface area (Å²) in [6.07, 6.45) is -0.716. The lowest BCUT2D eigenvalue weighted by Crippen LogP contribution is -2.42. The first-order chi connectivity index (χ1) is 18.7. The summed E-state index contributed by atoms with van der Waals surface area (Å²) in [6.45, 7) is 0.677. The quantitative estimate of drug-likeness (QED) is 0.254. The van der Waals surface area contributed by atoms with E-state index in [0.29, 0.717) is 41.7 Å². The van der Waals surface area contributed by atoms with Gasteiger partial charge in [0.15, 0.2) is 6.29 Å². The summed E-state index contributed by atoms with van der Waals surface area (Å²) >= 11 is 0. The van der Waals surface area contributed by atoms with Crippen LogP contribution in [0.1, 0.15) is 29.0 Å². The Bertz CT molecular complexity index is 1320. The third-order valence-corrected chi connectivity index (χ3v) is 6.11. The molecule has 208 valence electrons. The Balaban J connectivity index is 0.00000205. The summed E-state index contributed by atoms with van der Waals surface area (Å²) in [7, 11) is 1.50. The number of nitrogens with zero attached hydrogens (tertiary/aromatic N) is 3. The highest BCUT2D eigenvalue weighted by molar-refractivity contribution is 5.94. The number of fused-ring (bicyclic) bond motifs is 1. The maximum Gasteiger partial charge on any atom is 0.406 e. The van der Waals surface area contributed by atoms with Crippen molar-refractivity contribution < 1.29 is 22.8 Å². The number of amides is 1. The average Bonchev–Trinajstić information content (AvgIpc) is 3.25. The second-order valence-electron chi connectivity index (χ2n) is 8.88. The molecule has 12 heteroatoms. The number of pyridine rings is 1. The number of carbonyl (C=O) groups excluding carboxylic acids is 2. The van der Waals surface area contributed by atoms with Gasteiger partial charge in [-0.05, 0) is 56.1 Å². The van der Waals surface area contributed by atoms with Gasteiger partial charge in [0.2, 0.25) is 5.91 Å². The van der Waals surface area contributed by atoms with Crippen LogP contribution in [0, 0.1) is 11.8 Å². The monoisotopic (exact) mass is 543 g/mol. The molecule has 3 aromatic rings. The highest BCUT2D eigenvalue weighted by Gasteiger charge is 2.30. The van der Waals surface area contributed by atoms with Gasteiger partial charge in [0.25, 0.3) is 0 Å². The number of halogens is 3. The number of rotatable bonds is 8. The van der Waals surface area contributed by atoms with Crippen LogP contribution in [0.25, 0.3) is 10.9 Å². The van der Waals surface area contributed by atoms with Crippen molar-refractivity contribution in [2.75, 3.05) is 43.9 Å². The number of anilines is 2. The minimum Gasteiger partial charge on any atom is -0.382 e. The van der Waals surface area contributed by atoms with E-state index in [1.54, 1.807) is 30.3 Å². The van der Waals surface area contributed by atoms with E-state index in [1.165, 1.54) is 17.8 Å². The maximum absolute atomic E-state index is 13.4. The molecular formula is C27H32F3N7O2. The molecule has 1 aliphatic heterocycles. The topological polar surface area (TPSA) is 131 Å². The molecule has 1 saturated heterocycles. The smallest absolute Gasteiger partial charge is 0.382 e. The Morgan fingerprint density at radius 3 is 2.56 bits per heavy atom. The van der Waals surface area contributed by atoms with E-state index in [2.05, 4.69) is 33.2 Å². The highest BCUT2D eigenvalue weighted by Crippen LogP contribution is 2.31. The summed E-state index contributed by atoms with van der Waals surface area (Å²) < 4.78 is 41.5. The first-order valence-electron chi connectivity index (χ1n) is 12.4. The molecule has 0 radical (unpaired) electrons. The lowest BCUT2D eigenvalue weighted by Gasteiger charge is -2.32. The van der Waals surface area contributed by atoms with E-state index < -0.39 is 12.7 Å². The van der Waals surface area contributed by atoms with Gasteiger partial charge in [0.05, 0.1) is 36.2 Å². The standard InChI is InChI=1S/C26H27F3N6O2.CH5N/c27-26(28,29)17-35-21(3-2-10-31-19-6-7-20(16-36)32-14-19)13-22-23(4-1-5-24(22)35)33-18-8-11-34(12-9-18)15-25(30)37;1-2/h1,4-7,13-14,16,18,31,33H,8-12,15,17H2,(H2,30,37);2H2,1H3. The third-order valence-electron chi connectivity index (χ3n) is 6.11. The van der Waals surface area contributed by atoms with Crippen LogP contribution < -0.4 is 22.1 Å². The fraction of sp³-hybridized carbons (Fsp3) is 0.370. The van der Waals surface area contributed by atoms with Gasteiger partial charge in [0, 0.05) is 30.2 Å².